The van der Waals surface area contributed by atoms with Gasteiger partial charge in [-0.1, -0.05) is 38.1 Å². The molecule has 1 atom stereocenters. The van der Waals surface area contributed by atoms with Crippen LogP contribution in [0, 0.1) is 0 Å². The van der Waals surface area contributed by atoms with Gasteiger partial charge < -0.3 is 5.32 Å². The highest BCUT2D eigenvalue weighted by Crippen LogP contribution is 2.21. The summed E-state index contributed by atoms with van der Waals surface area (Å²) in [6.07, 6.45) is 5.10. The van der Waals surface area contributed by atoms with Crippen molar-refractivity contribution in [2.24, 2.45) is 0 Å². The predicted octanol–water partition coefficient (Wildman–Crippen LogP) is 3.77. The van der Waals surface area contributed by atoms with Crippen LogP contribution in [0.15, 0.2) is 43.0 Å². The van der Waals surface area contributed by atoms with Crippen LogP contribution in [0.5, 0.6) is 0 Å². The van der Waals surface area contributed by atoms with Crippen LogP contribution in [0.2, 0.25) is 0 Å². The van der Waals surface area contributed by atoms with Crippen molar-refractivity contribution in [2.75, 3.05) is 5.32 Å². The molecule has 0 fully saturated rings. The molecule has 0 saturated carbocycles. The van der Waals surface area contributed by atoms with Crippen molar-refractivity contribution in [3.63, 3.8) is 0 Å². The average molecular weight is 241 g/mol. The van der Waals surface area contributed by atoms with Gasteiger partial charge in [-0.2, -0.15) is 0 Å². The normalized spacial score (nSPS) is 12.4. The van der Waals surface area contributed by atoms with Crippen LogP contribution in [0.4, 0.5) is 5.69 Å². The van der Waals surface area contributed by atoms with Gasteiger partial charge in [-0.15, -0.1) is 0 Å². The SMILES string of the molecule is CC(C)c1ccc(C(C)Nc2cncnc2)cc1. The van der Waals surface area contributed by atoms with Gasteiger partial charge in [0, 0.05) is 6.04 Å². The first-order valence-electron chi connectivity index (χ1n) is 6.28. The minimum absolute atomic E-state index is 0.247. The largest absolute Gasteiger partial charge is 0.376 e. The smallest absolute Gasteiger partial charge is 0.115 e. The number of hydrogen-bond acceptors (Lipinski definition) is 3. The highest BCUT2D eigenvalue weighted by molar-refractivity contribution is 5.41. The Balaban J connectivity index is 2.07. The third kappa shape index (κ3) is 3.06. The zero-order chi connectivity index (χ0) is 13.0. The summed E-state index contributed by atoms with van der Waals surface area (Å²) in [5.74, 6) is 0.574. The van der Waals surface area contributed by atoms with E-state index in [0.717, 1.165) is 5.69 Å². The fourth-order valence-electron chi connectivity index (χ4n) is 1.88. The van der Waals surface area contributed by atoms with E-state index in [-0.39, 0.29) is 6.04 Å². The van der Waals surface area contributed by atoms with Gasteiger partial charge in [0.15, 0.2) is 0 Å². The summed E-state index contributed by atoms with van der Waals surface area (Å²) in [5.41, 5.74) is 3.58. The maximum Gasteiger partial charge on any atom is 0.115 e. The molecule has 1 aromatic carbocycles. The Morgan fingerprint density at radius 1 is 0.889 bits per heavy atom. The number of rotatable bonds is 4. The molecule has 3 nitrogen and oxygen atoms in total. The van der Waals surface area contributed by atoms with Crippen LogP contribution in [0.25, 0.3) is 0 Å². The lowest BCUT2D eigenvalue weighted by Gasteiger charge is -2.16. The second-order valence-corrected chi connectivity index (χ2v) is 4.81. The molecule has 1 aromatic heterocycles. The van der Waals surface area contributed by atoms with Crippen LogP contribution in [0.3, 0.4) is 0 Å². The third-order valence-corrected chi connectivity index (χ3v) is 3.05. The maximum atomic E-state index is 4.00. The second-order valence-electron chi connectivity index (χ2n) is 4.81. The molecular formula is C15H19N3. The molecule has 0 spiro atoms. The Morgan fingerprint density at radius 2 is 1.44 bits per heavy atom. The van der Waals surface area contributed by atoms with Gasteiger partial charge in [-0.3, -0.25) is 0 Å². The molecule has 0 bridgehead atoms. The molecule has 1 unspecified atom stereocenters. The van der Waals surface area contributed by atoms with Crippen LogP contribution >= 0.6 is 0 Å². The molecule has 0 saturated heterocycles. The van der Waals surface area contributed by atoms with Crippen LogP contribution in [-0.4, -0.2) is 9.97 Å². The molecule has 1 N–H and O–H groups in total. The van der Waals surface area contributed by atoms with Crippen LogP contribution < -0.4 is 5.32 Å². The number of aromatic nitrogens is 2. The Labute approximate surface area is 108 Å². The zero-order valence-corrected chi connectivity index (χ0v) is 11.1. The fraction of sp³-hybridized carbons (Fsp3) is 0.333. The van der Waals surface area contributed by atoms with E-state index >= 15 is 0 Å². The van der Waals surface area contributed by atoms with Crippen LogP contribution in [0.1, 0.15) is 43.9 Å². The Bertz CT molecular complexity index is 477. The summed E-state index contributed by atoms with van der Waals surface area (Å²) < 4.78 is 0. The molecule has 0 aliphatic rings. The average Bonchev–Trinajstić information content (AvgIpc) is 2.40. The summed E-state index contributed by atoms with van der Waals surface area (Å²) >= 11 is 0. The maximum absolute atomic E-state index is 4.00. The quantitative estimate of drug-likeness (QED) is 0.885. The molecule has 0 aliphatic carbocycles. The van der Waals surface area contributed by atoms with E-state index in [9.17, 15) is 0 Å². The molecular weight excluding hydrogens is 222 g/mol. The summed E-state index contributed by atoms with van der Waals surface area (Å²) in [4.78, 5) is 7.99. The van der Waals surface area contributed by atoms with Crippen molar-refractivity contribution in [1.82, 2.24) is 9.97 Å². The highest BCUT2D eigenvalue weighted by atomic mass is 15.0. The number of benzene rings is 1. The Kier molecular flexibility index (Phi) is 3.92. The summed E-state index contributed by atoms with van der Waals surface area (Å²) in [5, 5.41) is 3.38. The van der Waals surface area contributed by atoms with Crippen molar-refractivity contribution in [1.29, 1.82) is 0 Å². The minimum atomic E-state index is 0.247. The lowest BCUT2D eigenvalue weighted by atomic mass is 9.99. The molecule has 2 aromatic rings. The summed E-state index contributed by atoms with van der Waals surface area (Å²) in [6, 6.07) is 8.99. The number of nitrogens with one attached hydrogen (secondary N) is 1. The van der Waals surface area contributed by atoms with E-state index in [1.807, 2.05) is 0 Å². The second kappa shape index (κ2) is 5.63. The van der Waals surface area contributed by atoms with Crippen molar-refractivity contribution >= 4 is 5.69 Å². The van der Waals surface area contributed by atoms with E-state index in [0.29, 0.717) is 5.92 Å². The highest BCUT2D eigenvalue weighted by Gasteiger charge is 2.06. The summed E-state index contributed by atoms with van der Waals surface area (Å²) in [6.45, 7) is 6.55. The molecule has 2 rings (SSSR count). The predicted molar refractivity (Wildman–Crippen MR) is 74.6 cm³/mol. The molecule has 0 amide bonds. The third-order valence-electron chi connectivity index (χ3n) is 3.05. The van der Waals surface area contributed by atoms with E-state index < -0.39 is 0 Å². The van der Waals surface area contributed by atoms with Gasteiger partial charge in [0.2, 0.25) is 0 Å². The van der Waals surface area contributed by atoms with Gasteiger partial charge >= 0.3 is 0 Å². The standard InChI is InChI=1S/C15H19N3/c1-11(2)13-4-6-14(7-5-13)12(3)18-15-8-16-10-17-9-15/h4-12,18H,1-3H3. The Hall–Kier alpha value is -1.90. The van der Waals surface area contributed by atoms with Crippen LogP contribution in [-0.2, 0) is 0 Å². The lowest BCUT2D eigenvalue weighted by Crippen LogP contribution is -2.07. The van der Waals surface area contributed by atoms with Crippen molar-refractivity contribution in [3.05, 3.63) is 54.1 Å². The van der Waals surface area contributed by atoms with Gasteiger partial charge in [-0.05, 0) is 24.0 Å². The zero-order valence-electron chi connectivity index (χ0n) is 11.1. The van der Waals surface area contributed by atoms with Gasteiger partial charge in [0.05, 0.1) is 18.1 Å². The van der Waals surface area contributed by atoms with E-state index in [2.05, 4.69) is 60.3 Å². The van der Waals surface area contributed by atoms with Crippen molar-refractivity contribution in [2.45, 2.75) is 32.7 Å². The first kappa shape index (κ1) is 12.6. The lowest BCUT2D eigenvalue weighted by molar-refractivity contribution is 0.851. The van der Waals surface area contributed by atoms with E-state index in [1.165, 1.54) is 17.5 Å². The molecule has 1 heterocycles. The Morgan fingerprint density at radius 3 is 2.00 bits per heavy atom. The molecule has 3 heteroatoms. The van der Waals surface area contributed by atoms with Gasteiger partial charge in [-0.25, -0.2) is 9.97 Å². The topological polar surface area (TPSA) is 37.8 Å². The number of anilines is 1. The first-order chi connectivity index (χ1) is 8.66. The number of hydrogen-bond donors (Lipinski definition) is 1. The first-order valence-corrected chi connectivity index (χ1v) is 6.28. The van der Waals surface area contributed by atoms with E-state index in [1.54, 1.807) is 12.4 Å². The molecule has 18 heavy (non-hydrogen) atoms. The van der Waals surface area contributed by atoms with Gasteiger partial charge in [0.1, 0.15) is 6.33 Å². The van der Waals surface area contributed by atoms with Gasteiger partial charge in [0.25, 0.3) is 0 Å². The fourth-order valence-corrected chi connectivity index (χ4v) is 1.88. The minimum Gasteiger partial charge on any atom is -0.376 e. The molecule has 0 radical (unpaired) electrons. The molecule has 0 aliphatic heterocycles. The number of nitrogens with zero attached hydrogens (tertiary/aromatic N) is 2. The van der Waals surface area contributed by atoms with Crippen molar-refractivity contribution in [3.8, 4) is 0 Å². The summed E-state index contributed by atoms with van der Waals surface area (Å²) in [7, 11) is 0. The monoisotopic (exact) mass is 241 g/mol. The van der Waals surface area contributed by atoms with Crippen molar-refractivity contribution < 1.29 is 0 Å². The molecule has 94 valence electrons. The van der Waals surface area contributed by atoms with E-state index in [4.69, 9.17) is 0 Å².